The smallest absolute Gasteiger partial charge is 0.175 e. The van der Waals surface area contributed by atoms with Gasteiger partial charge in [-0.3, -0.25) is 0 Å². The highest BCUT2D eigenvalue weighted by molar-refractivity contribution is 9.10. The van der Waals surface area contributed by atoms with Crippen LogP contribution in [0.3, 0.4) is 0 Å². The van der Waals surface area contributed by atoms with Crippen molar-refractivity contribution in [2.75, 3.05) is 33.5 Å². The third-order valence-electron chi connectivity index (χ3n) is 5.41. The zero-order valence-corrected chi connectivity index (χ0v) is 20.6. The lowest BCUT2D eigenvalue weighted by Gasteiger charge is -2.21. The monoisotopic (exact) mass is 507 g/mol. The fourth-order valence-electron chi connectivity index (χ4n) is 3.63. The van der Waals surface area contributed by atoms with Crippen molar-refractivity contribution in [2.45, 2.75) is 51.7 Å². The van der Waals surface area contributed by atoms with Gasteiger partial charge in [0, 0.05) is 6.54 Å². The number of halogens is 1. The molecule has 0 fully saturated rings. The summed E-state index contributed by atoms with van der Waals surface area (Å²) in [5, 5.41) is 14.1. The summed E-state index contributed by atoms with van der Waals surface area (Å²) in [5.41, 5.74) is 1.83. The van der Waals surface area contributed by atoms with Gasteiger partial charge in [-0.25, -0.2) is 0 Å². The van der Waals surface area contributed by atoms with Crippen molar-refractivity contribution >= 4 is 15.9 Å². The van der Waals surface area contributed by atoms with E-state index in [-0.39, 0.29) is 6.61 Å². The Kier molecular flexibility index (Phi) is 9.96. The zero-order chi connectivity index (χ0) is 22.8. The third kappa shape index (κ3) is 7.02. The van der Waals surface area contributed by atoms with Gasteiger partial charge in [-0.2, -0.15) is 0 Å². The van der Waals surface area contributed by atoms with Crippen LogP contribution < -0.4 is 24.3 Å². The van der Waals surface area contributed by atoms with Crippen LogP contribution in [0.25, 0.3) is 0 Å². The third-order valence-corrected chi connectivity index (χ3v) is 6.00. The van der Waals surface area contributed by atoms with E-state index >= 15 is 0 Å². The molecule has 1 aliphatic heterocycles. The van der Waals surface area contributed by atoms with E-state index in [1.165, 1.54) is 32.1 Å². The first-order valence-corrected chi connectivity index (χ1v) is 12.2. The molecule has 32 heavy (non-hydrogen) atoms. The first-order chi connectivity index (χ1) is 15.6. The lowest BCUT2D eigenvalue weighted by molar-refractivity contribution is 0.105. The van der Waals surface area contributed by atoms with Crippen LogP contribution in [-0.2, 0) is 6.54 Å². The topological polar surface area (TPSA) is 69.2 Å². The molecule has 0 radical (unpaired) electrons. The number of rotatable bonds is 13. The average molecular weight is 508 g/mol. The Morgan fingerprint density at radius 3 is 2.62 bits per heavy atom. The lowest BCUT2D eigenvalue weighted by Crippen LogP contribution is -2.16. The van der Waals surface area contributed by atoms with Crippen LogP contribution in [-0.4, -0.2) is 38.6 Å². The Morgan fingerprint density at radius 2 is 1.84 bits per heavy atom. The van der Waals surface area contributed by atoms with Crippen molar-refractivity contribution in [3.05, 3.63) is 45.9 Å². The average Bonchev–Trinajstić information content (AvgIpc) is 2.82. The summed E-state index contributed by atoms with van der Waals surface area (Å²) >= 11 is 3.59. The molecule has 0 amide bonds. The molecule has 0 saturated carbocycles. The predicted octanol–water partition coefficient (Wildman–Crippen LogP) is 5.40. The van der Waals surface area contributed by atoms with E-state index in [1.807, 2.05) is 24.3 Å². The minimum atomic E-state index is -0.809. The van der Waals surface area contributed by atoms with Gasteiger partial charge in [0.05, 0.1) is 11.6 Å². The number of benzene rings is 2. The maximum atomic E-state index is 10.6. The molecule has 0 bridgehead atoms. The number of nitrogens with one attached hydrogen (secondary N) is 1. The summed E-state index contributed by atoms with van der Waals surface area (Å²) in [6.45, 7) is 5.13. The number of hydrogen-bond acceptors (Lipinski definition) is 6. The number of aliphatic hydroxyl groups is 1. The van der Waals surface area contributed by atoms with Crippen LogP contribution in [0.1, 0.15) is 56.3 Å². The fraction of sp³-hybridized carbons (Fsp3) is 0.520. The second-order valence-electron chi connectivity index (χ2n) is 7.93. The second kappa shape index (κ2) is 12.9. The molecule has 1 heterocycles. The molecule has 1 aliphatic rings. The van der Waals surface area contributed by atoms with Crippen molar-refractivity contribution in [3.63, 3.8) is 0 Å². The summed E-state index contributed by atoms with van der Waals surface area (Å²) in [5.74, 6) is 2.55. The molecule has 2 aromatic rings. The van der Waals surface area contributed by atoms with E-state index in [0.717, 1.165) is 23.1 Å². The highest BCUT2D eigenvalue weighted by atomic mass is 79.9. The number of hydrogen-bond donors (Lipinski definition) is 2. The van der Waals surface area contributed by atoms with Gasteiger partial charge >= 0.3 is 0 Å². The van der Waals surface area contributed by atoms with Gasteiger partial charge in [0.15, 0.2) is 23.0 Å². The Hall–Kier alpha value is -1.96. The molecule has 2 aromatic carbocycles. The van der Waals surface area contributed by atoms with Crippen molar-refractivity contribution < 1.29 is 24.1 Å². The highest BCUT2D eigenvalue weighted by Crippen LogP contribution is 2.38. The Bertz CT molecular complexity index is 860. The number of methoxy groups -OCH3 is 1. The van der Waals surface area contributed by atoms with Gasteiger partial charge in [0.25, 0.3) is 0 Å². The van der Waals surface area contributed by atoms with E-state index in [4.69, 9.17) is 18.9 Å². The molecule has 0 saturated heterocycles. The van der Waals surface area contributed by atoms with E-state index in [9.17, 15) is 5.11 Å². The molecule has 2 N–H and O–H groups in total. The number of aliphatic hydroxyl groups excluding tert-OH is 1. The van der Waals surface area contributed by atoms with Crippen molar-refractivity contribution in [1.29, 1.82) is 0 Å². The Balaban J connectivity index is 1.54. The van der Waals surface area contributed by atoms with Gasteiger partial charge in [0.1, 0.15) is 25.9 Å². The number of fused-ring (bicyclic) bond motifs is 1. The molecule has 1 unspecified atom stereocenters. The molecular formula is C25H34BrNO5. The maximum absolute atomic E-state index is 10.6. The van der Waals surface area contributed by atoms with Crippen LogP contribution in [0.5, 0.6) is 23.0 Å². The SMILES string of the molecule is CCCCCCCNCc1cc(Br)c(OCC(O)c2ccc3c(c2)OCCO3)c(OC)c1. The molecule has 0 aromatic heterocycles. The molecule has 6 nitrogen and oxygen atoms in total. The first-order valence-electron chi connectivity index (χ1n) is 11.4. The van der Waals surface area contributed by atoms with E-state index in [0.29, 0.717) is 41.8 Å². The zero-order valence-electron chi connectivity index (χ0n) is 19.0. The van der Waals surface area contributed by atoms with Crippen LogP contribution in [0.15, 0.2) is 34.8 Å². The van der Waals surface area contributed by atoms with Crippen LogP contribution in [0.2, 0.25) is 0 Å². The molecule has 176 valence electrons. The van der Waals surface area contributed by atoms with Crippen LogP contribution >= 0.6 is 15.9 Å². The van der Waals surface area contributed by atoms with Gasteiger partial charge in [0.2, 0.25) is 0 Å². The molecule has 7 heteroatoms. The summed E-state index contributed by atoms with van der Waals surface area (Å²) in [6, 6.07) is 9.44. The second-order valence-corrected chi connectivity index (χ2v) is 8.78. The quantitative estimate of drug-likeness (QED) is 0.353. The lowest BCUT2D eigenvalue weighted by atomic mass is 10.1. The normalized spacial score (nSPS) is 13.6. The Morgan fingerprint density at radius 1 is 1.06 bits per heavy atom. The van der Waals surface area contributed by atoms with E-state index in [1.54, 1.807) is 13.2 Å². The fourth-order valence-corrected chi connectivity index (χ4v) is 4.23. The summed E-state index contributed by atoms with van der Waals surface area (Å²) in [4.78, 5) is 0. The van der Waals surface area contributed by atoms with Crippen LogP contribution in [0, 0.1) is 0 Å². The minimum absolute atomic E-state index is 0.0873. The van der Waals surface area contributed by atoms with E-state index in [2.05, 4.69) is 28.2 Å². The molecule has 3 rings (SSSR count). The molecular weight excluding hydrogens is 474 g/mol. The summed E-state index contributed by atoms with van der Waals surface area (Å²) in [7, 11) is 1.62. The summed E-state index contributed by atoms with van der Waals surface area (Å²) in [6.07, 6.45) is 5.54. The summed E-state index contributed by atoms with van der Waals surface area (Å²) < 4.78 is 23.4. The highest BCUT2D eigenvalue weighted by Gasteiger charge is 2.18. The molecule has 1 atom stereocenters. The van der Waals surface area contributed by atoms with Crippen molar-refractivity contribution in [3.8, 4) is 23.0 Å². The van der Waals surface area contributed by atoms with Gasteiger partial charge in [-0.15, -0.1) is 0 Å². The van der Waals surface area contributed by atoms with E-state index < -0.39 is 6.10 Å². The number of ether oxygens (including phenoxy) is 4. The van der Waals surface area contributed by atoms with Crippen molar-refractivity contribution in [2.24, 2.45) is 0 Å². The first kappa shape index (κ1) is 24.7. The molecule has 0 spiro atoms. The minimum Gasteiger partial charge on any atom is -0.493 e. The molecule has 0 aliphatic carbocycles. The standard InChI is InChI=1S/C25H34BrNO5/c1-3-4-5-6-7-10-27-16-18-13-20(26)25(24(14-18)29-2)32-17-21(28)19-8-9-22-23(15-19)31-12-11-30-22/h8-9,13-15,21,27-28H,3-7,10-12,16-17H2,1-2H3. The largest absolute Gasteiger partial charge is 0.493 e. The maximum Gasteiger partial charge on any atom is 0.175 e. The Labute approximate surface area is 199 Å². The van der Waals surface area contributed by atoms with Gasteiger partial charge in [-0.05, 0) is 64.3 Å². The van der Waals surface area contributed by atoms with Gasteiger partial charge in [-0.1, -0.05) is 38.7 Å². The predicted molar refractivity (Wildman–Crippen MR) is 129 cm³/mol. The van der Waals surface area contributed by atoms with Crippen LogP contribution in [0.4, 0.5) is 0 Å². The number of unbranched alkanes of at least 4 members (excludes halogenated alkanes) is 4. The van der Waals surface area contributed by atoms with Gasteiger partial charge < -0.3 is 29.4 Å². The van der Waals surface area contributed by atoms with Crippen molar-refractivity contribution in [1.82, 2.24) is 5.32 Å².